The average Bonchev–Trinajstić information content (AvgIpc) is 3.07. The van der Waals surface area contributed by atoms with Crippen LogP contribution in [-0.4, -0.2) is 42.1 Å². The van der Waals surface area contributed by atoms with E-state index in [1.165, 1.54) is 5.56 Å². The van der Waals surface area contributed by atoms with Gasteiger partial charge in [-0.25, -0.2) is 4.98 Å². The summed E-state index contributed by atoms with van der Waals surface area (Å²) in [5.41, 5.74) is 3.06. The van der Waals surface area contributed by atoms with E-state index in [9.17, 15) is 4.79 Å². The third kappa shape index (κ3) is 5.13. The zero-order valence-corrected chi connectivity index (χ0v) is 16.6. The van der Waals surface area contributed by atoms with Crippen LogP contribution in [0.3, 0.4) is 0 Å². The van der Waals surface area contributed by atoms with Crippen molar-refractivity contribution >= 4 is 17.2 Å². The van der Waals surface area contributed by atoms with E-state index in [2.05, 4.69) is 41.4 Å². The highest BCUT2D eigenvalue weighted by Gasteiger charge is 2.15. The molecule has 0 saturated carbocycles. The Morgan fingerprint density at radius 3 is 2.58 bits per heavy atom. The number of hydrogen-bond donors (Lipinski definition) is 1. The first kappa shape index (κ1) is 19.0. The molecule has 3 rings (SSSR count). The van der Waals surface area contributed by atoms with Crippen molar-refractivity contribution < 1.29 is 9.53 Å². The summed E-state index contributed by atoms with van der Waals surface area (Å²) < 4.78 is 5.37. The maximum atomic E-state index is 12.3. The standard InChI is InChI=1S/C20H27N3O2S/c1-20(2,3)16-6-4-15(5-7-16)19(24)21-12-18-22-17(14-26-18)13-23-8-10-25-11-9-23/h4-7,14H,8-13H2,1-3H3,(H,21,24). The quantitative estimate of drug-likeness (QED) is 0.874. The fraction of sp³-hybridized carbons (Fsp3) is 0.500. The highest BCUT2D eigenvalue weighted by atomic mass is 32.1. The second-order valence-corrected chi connectivity index (χ2v) is 8.57. The van der Waals surface area contributed by atoms with E-state index in [1.54, 1.807) is 11.3 Å². The minimum atomic E-state index is -0.0598. The van der Waals surface area contributed by atoms with Crippen LogP contribution in [0.1, 0.15) is 47.4 Å². The molecule has 1 aromatic carbocycles. The van der Waals surface area contributed by atoms with Crippen LogP contribution in [-0.2, 0) is 23.2 Å². The molecule has 0 spiro atoms. The maximum Gasteiger partial charge on any atom is 0.251 e. The van der Waals surface area contributed by atoms with Crippen molar-refractivity contribution in [2.24, 2.45) is 0 Å². The highest BCUT2D eigenvalue weighted by molar-refractivity contribution is 7.09. The molecule has 1 aliphatic heterocycles. The molecule has 0 aliphatic carbocycles. The van der Waals surface area contributed by atoms with Gasteiger partial charge in [-0.1, -0.05) is 32.9 Å². The monoisotopic (exact) mass is 373 g/mol. The van der Waals surface area contributed by atoms with Crippen LogP contribution in [0.4, 0.5) is 0 Å². The van der Waals surface area contributed by atoms with Crippen LogP contribution in [0, 0.1) is 0 Å². The first-order chi connectivity index (χ1) is 12.4. The number of aromatic nitrogens is 1. The number of thiazole rings is 1. The van der Waals surface area contributed by atoms with Crippen molar-refractivity contribution in [3.63, 3.8) is 0 Å². The predicted octanol–water partition coefficient (Wildman–Crippen LogP) is 3.20. The zero-order valence-electron chi connectivity index (χ0n) is 15.7. The van der Waals surface area contributed by atoms with Crippen molar-refractivity contribution in [2.75, 3.05) is 26.3 Å². The summed E-state index contributed by atoms with van der Waals surface area (Å²) in [6, 6.07) is 7.83. The summed E-state index contributed by atoms with van der Waals surface area (Å²) in [4.78, 5) is 19.3. The number of morpholine rings is 1. The lowest BCUT2D eigenvalue weighted by Crippen LogP contribution is -2.35. The minimum absolute atomic E-state index is 0.0598. The zero-order chi connectivity index (χ0) is 18.6. The summed E-state index contributed by atoms with van der Waals surface area (Å²) in [6.45, 7) is 11.3. The Kier molecular flexibility index (Phi) is 6.06. The maximum absolute atomic E-state index is 12.3. The van der Waals surface area contributed by atoms with E-state index in [4.69, 9.17) is 4.74 Å². The second-order valence-electron chi connectivity index (χ2n) is 7.63. The van der Waals surface area contributed by atoms with Gasteiger partial charge in [0.2, 0.25) is 0 Å². The van der Waals surface area contributed by atoms with E-state index in [0.29, 0.717) is 12.1 Å². The molecule has 1 aliphatic rings. The number of nitrogens with zero attached hydrogens (tertiary/aromatic N) is 2. The number of hydrogen-bond acceptors (Lipinski definition) is 5. The Labute approximate surface area is 159 Å². The van der Waals surface area contributed by atoms with Gasteiger partial charge in [0.1, 0.15) is 5.01 Å². The van der Waals surface area contributed by atoms with Gasteiger partial charge in [-0.2, -0.15) is 0 Å². The molecule has 0 radical (unpaired) electrons. The molecule has 2 aromatic rings. The van der Waals surface area contributed by atoms with Gasteiger partial charge in [-0.05, 0) is 23.1 Å². The molecule has 6 heteroatoms. The Hall–Kier alpha value is -1.76. The van der Waals surface area contributed by atoms with Crippen molar-refractivity contribution in [3.8, 4) is 0 Å². The number of rotatable bonds is 5. The molecule has 0 unspecified atom stereocenters. The fourth-order valence-electron chi connectivity index (χ4n) is 2.87. The molecule has 0 bridgehead atoms. The minimum Gasteiger partial charge on any atom is -0.379 e. The second kappa shape index (κ2) is 8.29. The third-order valence-electron chi connectivity index (χ3n) is 4.50. The van der Waals surface area contributed by atoms with Crippen LogP contribution < -0.4 is 5.32 Å². The summed E-state index contributed by atoms with van der Waals surface area (Å²) in [5, 5.41) is 5.98. The number of amides is 1. The molecular formula is C20H27N3O2S. The van der Waals surface area contributed by atoms with Gasteiger partial charge >= 0.3 is 0 Å². The number of carbonyl (C=O) groups excluding carboxylic acids is 1. The van der Waals surface area contributed by atoms with Gasteiger partial charge in [0.15, 0.2) is 0 Å². The van der Waals surface area contributed by atoms with E-state index in [0.717, 1.165) is 43.5 Å². The molecule has 1 saturated heterocycles. The van der Waals surface area contributed by atoms with Crippen molar-refractivity contribution in [1.29, 1.82) is 0 Å². The molecule has 140 valence electrons. The number of benzene rings is 1. The first-order valence-electron chi connectivity index (χ1n) is 9.04. The Bertz CT molecular complexity index is 728. The molecule has 1 amide bonds. The van der Waals surface area contributed by atoms with Gasteiger partial charge in [-0.15, -0.1) is 11.3 Å². The van der Waals surface area contributed by atoms with Gasteiger partial charge in [-0.3, -0.25) is 9.69 Å². The Morgan fingerprint density at radius 2 is 1.92 bits per heavy atom. The van der Waals surface area contributed by atoms with Gasteiger partial charge in [0.25, 0.3) is 5.91 Å². The topological polar surface area (TPSA) is 54.5 Å². The number of ether oxygens (including phenoxy) is 1. The molecule has 26 heavy (non-hydrogen) atoms. The van der Waals surface area contributed by atoms with Crippen molar-refractivity contribution in [2.45, 2.75) is 39.3 Å². The summed E-state index contributed by atoms with van der Waals surface area (Å²) in [5.74, 6) is -0.0598. The van der Waals surface area contributed by atoms with E-state index < -0.39 is 0 Å². The first-order valence-corrected chi connectivity index (χ1v) is 9.92. The van der Waals surface area contributed by atoms with Gasteiger partial charge in [0, 0.05) is 30.6 Å². The van der Waals surface area contributed by atoms with Crippen molar-refractivity contribution in [1.82, 2.24) is 15.2 Å². The van der Waals surface area contributed by atoms with Crippen LogP contribution >= 0.6 is 11.3 Å². The molecule has 1 fully saturated rings. The molecule has 0 atom stereocenters. The molecule has 1 N–H and O–H groups in total. The molecule has 5 nitrogen and oxygen atoms in total. The normalized spacial score (nSPS) is 15.8. The Balaban J connectivity index is 1.51. The highest BCUT2D eigenvalue weighted by Crippen LogP contribution is 2.22. The summed E-state index contributed by atoms with van der Waals surface area (Å²) >= 11 is 1.60. The van der Waals surface area contributed by atoms with E-state index in [1.807, 2.05) is 24.3 Å². The third-order valence-corrected chi connectivity index (χ3v) is 5.40. The summed E-state index contributed by atoms with van der Waals surface area (Å²) in [6.07, 6.45) is 0. The van der Waals surface area contributed by atoms with Crippen LogP contribution in [0.5, 0.6) is 0 Å². The lowest BCUT2D eigenvalue weighted by Gasteiger charge is -2.25. The molecule has 2 heterocycles. The molecule has 1 aromatic heterocycles. The SMILES string of the molecule is CC(C)(C)c1ccc(C(=O)NCc2nc(CN3CCOCC3)cs2)cc1. The number of nitrogens with one attached hydrogen (secondary N) is 1. The predicted molar refractivity (Wildman–Crippen MR) is 105 cm³/mol. The van der Waals surface area contributed by atoms with Crippen molar-refractivity contribution in [3.05, 3.63) is 51.5 Å². The van der Waals surface area contributed by atoms with Gasteiger partial charge < -0.3 is 10.1 Å². The lowest BCUT2D eigenvalue weighted by molar-refractivity contribution is 0.0337. The van der Waals surface area contributed by atoms with Crippen LogP contribution in [0.2, 0.25) is 0 Å². The fourth-order valence-corrected chi connectivity index (χ4v) is 3.60. The number of carbonyl (C=O) groups is 1. The Morgan fingerprint density at radius 1 is 1.23 bits per heavy atom. The van der Waals surface area contributed by atoms with Gasteiger partial charge in [0.05, 0.1) is 25.5 Å². The van der Waals surface area contributed by atoms with E-state index >= 15 is 0 Å². The van der Waals surface area contributed by atoms with E-state index in [-0.39, 0.29) is 11.3 Å². The largest absolute Gasteiger partial charge is 0.379 e. The van der Waals surface area contributed by atoms with Crippen LogP contribution in [0.15, 0.2) is 29.6 Å². The summed E-state index contributed by atoms with van der Waals surface area (Å²) in [7, 11) is 0. The smallest absolute Gasteiger partial charge is 0.251 e. The lowest BCUT2D eigenvalue weighted by atomic mass is 9.87. The molecular weight excluding hydrogens is 346 g/mol. The average molecular weight is 374 g/mol. The van der Waals surface area contributed by atoms with Crippen LogP contribution in [0.25, 0.3) is 0 Å².